The molecule has 9 heteroatoms. The van der Waals surface area contributed by atoms with Gasteiger partial charge in [-0.25, -0.2) is 0 Å². The van der Waals surface area contributed by atoms with Crippen molar-refractivity contribution in [3.05, 3.63) is 60.2 Å². The van der Waals surface area contributed by atoms with Crippen LogP contribution in [0, 0.1) is 0 Å². The van der Waals surface area contributed by atoms with Gasteiger partial charge in [0.15, 0.2) is 0 Å². The molecule has 2 rings (SSSR count). The second-order valence-electron chi connectivity index (χ2n) is 9.88. The van der Waals surface area contributed by atoms with Crippen LogP contribution in [0.25, 0.3) is 0 Å². The molecule has 0 spiro atoms. The highest BCUT2D eigenvalue weighted by molar-refractivity contribution is 7.87. The van der Waals surface area contributed by atoms with Crippen LogP contribution in [0.15, 0.2) is 59.5 Å². The van der Waals surface area contributed by atoms with E-state index in [-0.39, 0.29) is 17.1 Å². The highest BCUT2D eigenvalue weighted by Crippen LogP contribution is 2.30. The van der Waals surface area contributed by atoms with Gasteiger partial charge in [0.1, 0.15) is 27.9 Å². The number of rotatable bonds is 8. The minimum Gasteiger partial charge on any atom is -0.460 e. The SMILES string of the molecule is CC(C)(C)OC(=O)CC(c1cccc(OS(=O)(=O)c2ccccc2)c1)C(N)C(=O)OC(C)(C)C. The predicted octanol–water partition coefficient (Wildman–Crippen LogP) is 3.94. The van der Waals surface area contributed by atoms with Crippen LogP contribution in [-0.2, 0) is 29.2 Å². The van der Waals surface area contributed by atoms with Gasteiger partial charge in [-0.3, -0.25) is 9.59 Å². The monoisotopic (exact) mass is 491 g/mol. The van der Waals surface area contributed by atoms with E-state index in [1.807, 2.05) is 0 Å². The van der Waals surface area contributed by atoms with Crippen molar-refractivity contribution < 1.29 is 31.7 Å². The molecule has 2 unspecified atom stereocenters. The molecule has 0 aliphatic rings. The topological polar surface area (TPSA) is 122 Å². The molecule has 0 aliphatic carbocycles. The summed E-state index contributed by atoms with van der Waals surface area (Å²) in [5.74, 6) is -2.07. The Morgan fingerprint density at radius 2 is 1.47 bits per heavy atom. The fourth-order valence-corrected chi connectivity index (χ4v) is 4.05. The van der Waals surface area contributed by atoms with E-state index in [1.54, 1.807) is 71.9 Å². The molecule has 2 atom stereocenters. The molecule has 8 nitrogen and oxygen atoms in total. The first-order valence-corrected chi connectivity index (χ1v) is 12.3. The van der Waals surface area contributed by atoms with Crippen LogP contribution in [0.3, 0.4) is 0 Å². The Balaban J connectivity index is 2.38. The van der Waals surface area contributed by atoms with E-state index in [9.17, 15) is 18.0 Å². The third-order valence-corrected chi connectivity index (χ3v) is 5.70. The predicted molar refractivity (Wildman–Crippen MR) is 128 cm³/mol. The Hall–Kier alpha value is -2.91. The molecule has 2 N–H and O–H groups in total. The van der Waals surface area contributed by atoms with Crippen LogP contribution in [0.5, 0.6) is 5.75 Å². The van der Waals surface area contributed by atoms with Crippen LogP contribution in [0.2, 0.25) is 0 Å². The number of benzene rings is 2. The van der Waals surface area contributed by atoms with Gasteiger partial charge in [-0.05, 0) is 71.4 Å². The summed E-state index contributed by atoms with van der Waals surface area (Å²) in [6, 6.07) is 12.6. The Bertz CT molecular complexity index is 1100. The van der Waals surface area contributed by atoms with Crippen molar-refractivity contribution in [2.24, 2.45) is 5.73 Å². The molecular weight excluding hydrogens is 458 g/mol. The number of carbonyl (C=O) groups excluding carboxylic acids is 2. The normalized spacial score (nSPS) is 14.1. The summed E-state index contributed by atoms with van der Waals surface area (Å²) in [5.41, 5.74) is 5.17. The number of carbonyl (C=O) groups is 2. The van der Waals surface area contributed by atoms with E-state index in [2.05, 4.69) is 0 Å². The summed E-state index contributed by atoms with van der Waals surface area (Å²) < 4.78 is 41.4. The molecule has 186 valence electrons. The standard InChI is InChI=1S/C25H33NO7S/c1-24(2,3)31-21(27)16-20(22(26)23(28)32-25(4,5)6)17-11-10-12-18(15-17)33-34(29,30)19-13-8-7-9-14-19/h7-15,20,22H,16,26H2,1-6H3. The lowest BCUT2D eigenvalue weighted by atomic mass is 9.88. The molecule has 0 saturated heterocycles. The van der Waals surface area contributed by atoms with Crippen molar-refractivity contribution in [1.29, 1.82) is 0 Å². The van der Waals surface area contributed by atoms with Crippen molar-refractivity contribution in [2.75, 3.05) is 0 Å². The average Bonchev–Trinajstić information content (AvgIpc) is 2.69. The van der Waals surface area contributed by atoms with Gasteiger partial charge < -0.3 is 19.4 Å². The fraction of sp³-hybridized carbons (Fsp3) is 0.440. The molecule has 0 saturated carbocycles. The number of nitrogens with two attached hydrogens (primary N) is 1. The van der Waals surface area contributed by atoms with Crippen LogP contribution < -0.4 is 9.92 Å². The minimum absolute atomic E-state index is 0.00355. The van der Waals surface area contributed by atoms with Gasteiger partial charge in [0.05, 0.1) is 6.42 Å². The molecule has 0 heterocycles. The zero-order valence-corrected chi connectivity index (χ0v) is 21.2. The van der Waals surface area contributed by atoms with Crippen molar-refractivity contribution >= 4 is 22.1 Å². The van der Waals surface area contributed by atoms with Crippen molar-refractivity contribution in [2.45, 2.75) is 76.0 Å². The van der Waals surface area contributed by atoms with Gasteiger partial charge in [0, 0.05) is 5.92 Å². The summed E-state index contributed by atoms with van der Waals surface area (Å²) >= 11 is 0. The first-order valence-electron chi connectivity index (χ1n) is 10.9. The van der Waals surface area contributed by atoms with Gasteiger partial charge >= 0.3 is 22.1 Å². The molecule has 0 bridgehead atoms. The van der Waals surface area contributed by atoms with Gasteiger partial charge in [-0.1, -0.05) is 30.3 Å². The fourth-order valence-electron chi connectivity index (χ4n) is 3.11. The van der Waals surface area contributed by atoms with Gasteiger partial charge in [-0.2, -0.15) is 8.42 Å². The number of ether oxygens (including phenoxy) is 2. The summed E-state index contributed by atoms with van der Waals surface area (Å²) in [7, 11) is -4.08. The van der Waals surface area contributed by atoms with Crippen molar-refractivity contribution in [3.8, 4) is 5.75 Å². The molecule has 34 heavy (non-hydrogen) atoms. The van der Waals surface area contributed by atoms with E-state index in [1.165, 1.54) is 24.3 Å². The summed E-state index contributed by atoms with van der Waals surface area (Å²) in [6.45, 7) is 10.3. The molecule has 0 aromatic heterocycles. The Morgan fingerprint density at radius 1 is 0.882 bits per heavy atom. The van der Waals surface area contributed by atoms with E-state index in [4.69, 9.17) is 19.4 Å². The smallest absolute Gasteiger partial charge is 0.339 e. The van der Waals surface area contributed by atoms with E-state index in [0.29, 0.717) is 5.56 Å². The quantitative estimate of drug-likeness (QED) is 0.435. The first-order chi connectivity index (χ1) is 15.6. The van der Waals surface area contributed by atoms with Gasteiger partial charge in [-0.15, -0.1) is 0 Å². The van der Waals surface area contributed by atoms with Crippen LogP contribution in [0.4, 0.5) is 0 Å². The molecule has 0 aliphatic heterocycles. The molecule has 0 amide bonds. The third-order valence-electron chi connectivity index (χ3n) is 4.44. The third kappa shape index (κ3) is 8.46. The zero-order valence-electron chi connectivity index (χ0n) is 20.4. The second kappa shape index (κ2) is 10.6. The van der Waals surface area contributed by atoms with Crippen LogP contribution in [-0.4, -0.2) is 37.6 Å². The Kier molecular flexibility index (Phi) is 8.50. The lowest BCUT2D eigenvalue weighted by molar-refractivity contribution is -0.158. The molecular formula is C25H33NO7S. The minimum atomic E-state index is -4.08. The average molecular weight is 492 g/mol. The molecule has 2 aromatic rings. The largest absolute Gasteiger partial charge is 0.460 e. The van der Waals surface area contributed by atoms with Crippen LogP contribution in [0.1, 0.15) is 59.4 Å². The Labute approximate surface area is 201 Å². The summed E-state index contributed by atoms with van der Waals surface area (Å²) in [5, 5.41) is 0. The Morgan fingerprint density at radius 3 is 2.03 bits per heavy atom. The van der Waals surface area contributed by atoms with Gasteiger partial charge in [0.25, 0.3) is 0 Å². The van der Waals surface area contributed by atoms with Crippen molar-refractivity contribution in [3.63, 3.8) is 0 Å². The highest BCUT2D eigenvalue weighted by atomic mass is 32.2. The highest BCUT2D eigenvalue weighted by Gasteiger charge is 2.33. The maximum absolute atomic E-state index is 12.7. The number of esters is 2. The van der Waals surface area contributed by atoms with Crippen LogP contribution >= 0.6 is 0 Å². The summed E-state index contributed by atoms with van der Waals surface area (Å²) in [4.78, 5) is 25.3. The van der Waals surface area contributed by atoms with E-state index in [0.717, 1.165) is 0 Å². The number of hydrogen-bond donors (Lipinski definition) is 1. The second-order valence-corrected chi connectivity index (χ2v) is 11.4. The van der Waals surface area contributed by atoms with Crippen molar-refractivity contribution in [1.82, 2.24) is 0 Å². The lowest BCUT2D eigenvalue weighted by Gasteiger charge is -2.28. The molecule has 0 radical (unpaired) electrons. The first kappa shape index (κ1) is 27.3. The summed E-state index contributed by atoms with van der Waals surface area (Å²) in [6.07, 6.45) is -0.216. The number of hydrogen-bond acceptors (Lipinski definition) is 8. The maximum atomic E-state index is 12.7. The van der Waals surface area contributed by atoms with Gasteiger partial charge in [0.2, 0.25) is 0 Å². The molecule has 0 fully saturated rings. The molecule has 2 aromatic carbocycles. The zero-order chi connectivity index (χ0) is 25.7. The van der Waals surface area contributed by atoms with E-state index >= 15 is 0 Å². The maximum Gasteiger partial charge on any atom is 0.339 e. The van der Waals surface area contributed by atoms with E-state index < -0.39 is 45.2 Å². The lowest BCUT2D eigenvalue weighted by Crippen LogP contribution is -2.42.